The van der Waals surface area contributed by atoms with E-state index in [1.165, 1.54) is 24.3 Å². The zero-order valence-electron chi connectivity index (χ0n) is 13.9. The lowest BCUT2D eigenvalue weighted by molar-refractivity contribution is -0.274. The summed E-state index contributed by atoms with van der Waals surface area (Å²) in [5, 5.41) is 47.6. The van der Waals surface area contributed by atoms with Crippen molar-refractivity contribution in [2.45, 2.75) is 36.6 Å². The Hall–Kier alpha value is -2.66. The third-order valence-corrected chi connectivity index (χ3v) is 4.43. The lowest BCUT2D eigenvalue weighted by Gasteiger charge is -2.36. The first kappa shape index (κ1) is 19.1. The van der Waals surface area contributed by atoms with Crippen LogP contribution in [-0.2, 0) is 23.8 Å². The van der Waals surface area contributed by atoms with Gasteiger partial charge in [-0.05, 0) is 23.8 Å². The summed E-state index contributed by atoms with van der Waals surface area (Å²) >= 11 is 0. The third-order valence-electron chi connectivity index (χ3n) is 4.43. The van der Waals surface area contributed by atoms with Gasteiger partial charge in [0.05, 0.1) is 12.7 Å². The van der Waals surface area contributed by atoms with E-state index in [1.807, 2.05) is 0 Å². The number of fused-ring (bicyclic) bond motifs is 2. The van der Waals surface area contributed by atoms with Crippen LogP contribution in [0.15, 0.2) is 24.3 Å². The quantitative estimate of drug-likeness (QED) is 0.251. The number of carbonyl (C=O) groups excluding carboxylic acids is 1. The average molecular weight is 382 g/mol. The molecule has 10 heteroatoms. The number of carboxylic acids is 1. The van der Waals surface area contributed by atoms with Crippen LogP contribution in [0.2, 0.25) is 0 Å². The molecule has 2 heterocycles. The van der Waals surface area contributed by atoms with Crippen LogP contribution in [0, 0.1) is 0 Å². The van der Waals surface area contributed by atoms with Gasteiger partial charge in [0.2, 0.25) is 0 Å². The Morgan fingerprint density at radius 2 is 2.00 bits per heavy atom. The minimum atomic E-state index is -2.41. The topological polar surface area (TPSA) is 163 Å². The molecule has 2 bridgehead atoms. The molecule has 27 heavy (non-hydrogen) atoms. The highest BCUT2D eigenvalue weighted by Crippen LogP contribution is 2.41. The smallest absolute Gasteiger partial charge is 0.367 e. The lowest BCUT2D eigenvalue weighted by Crippen LogP contribution is -2.59. The van der Waals surface area contributed by atoms with E-state index in [4.69, 9.17) is 14.2 Å². The SMILES string of the molecule is O=C(/C=C/c1ccc(O)c(O)c1)OC1CC2OC(C(=O)O)(OC2CO)C1O. The highest BCUT2D eigenvalue weighted by atomic mass is 16.8. The Balaban J connectivity index is 1.71. The van der Waals surface area contributed by atoms with Gasteiger partial charge in [-0.25, -0.2) is 9.59 Å². The molecule has 2 saturated heterocycles. The van der Waals surface area contributed by atoms with Crippen molar-refractivity contribution in [2.75, 3.05) is 6.61 Å². The summed E-state index contributed by atoms with van der Waals surface area (Å²) < 4.78 is 15.5. The molecule has 1 aromatic carbocycles. The molecule has 10 nitrogen and oxygen atoms in total. The molecular formula is C17H18O10. The number of ether oxygens (including phenoxy) is 3. The molecule has 3 rings (SSSR count). The molecule has 2 fully saturated rings. The number of carbonyl (C=O) groups is 2. The van der Waals surface area contributed by atoms with Crippen LogP contribution in [0.5, 0.6) is 11.5 Å². The number of aromatic hydroxyl groups is 2. The minimum Gasteiger partial charge on any atom is -0.504 e. The van der Waals surface area contributed by atoms with Gasteiger partial charge in [0.1, 0.15) is 12.2 Å². The maximum absolute atomic E-state index is 12.0. The normalized spacial score (nSPS) is 32.5. The Labute approximate surface area is 152 Å². The van der Waals surface area contributed by atoms with Crippen LogP contribution in [0.25, 0.3) is 6.08 Å². The zero-order chi connectivity index (χ0) is 19.8. The fourth-order valence-electron chi connectivity index (χ4n) is 3.06. The number of hydrogen-bond donors (Lipinski definition) is 5. The molecule has 0 amide bonds. The fourth-order valence-corrected chi connectivity index (χ4v) is 3.06. The first-order valence-electron chi connectivity index (χ1n) is 8.05. The predicted octanol–water partition coefficient (Wildman–Crippen LogP) is -0.655. The van der Waals surface area contributed by atoms with E-state index in [-0.39, 0.29) is 17.9 Å². The molecule has 2 aliphatic heterocycles. The highest BCUT2D eigenvalue weighted by molar-refractivity contribution is 5.87. The molecule has 5 atom stereocenters. The monoisotopic (exact) mass is 382 g/mol. The summed E-state index contributed by atoms with van der Waals surface area (Å²) in [6.07, 6.45) is -2.56. The van der Waals surface area contributed by atoms with Crippen LogP contribution in [0.4, 0.5) is 0 Å². The van der Waals surface area contributed by atoms with E-state index < -0.39 is 48.7 Å². The van der Waals surface area contributed by atoms with Crippen LogP contribution in [-0.4, -0.2) is 74.3 Å². The van der Waals surface area contributed by atoms with Crippen molar-refractivity contribution in [3.8, 4) is 11.5 Å². The number of phenols is 2. The average Bonchev–Trinajstić information content (AvgIpc) is 2.96. The number of aliphatic hydroxyl groups is 2. The van der Waals surface area contributed by atoms with Crippen molar-refractivity contribution in [1.82, 2.24) is 0 Å². The molecule has 146 valence electrons. The van der Waals surface area contributed by atoms with Crippen LogP contribution in [0.3, 0.4) is 0 Å². The molecule has 0 aliphatic carbocycles. The largest absolute Gasteiger partial charge is 0.504 e. The fraction of sp³-hybridized carbons (Fsp3) is 0.412. The second-order valence-electron chi connectivity index (χ2n) is 6.21. The number of rotatable bonds is 5. The van der Waals surface area contributed by atoms with E-state index >= 15 is 0 Å². The van der Waals surface area contributed by atoms with Crippen molar-refractivity contribution >= 4 is 18.0 Å². The number of esters is 1. The van der Waals surface area contributed by atoms with E-state index in [0.29, 0.717) is 5.56 Å². The van der Waals surface area contributed by atoms with Gasteiger partial charge in [0.25, 0.3) is 0 Å². The molecule has 2 aliphatic rings. The standard InChI is InChI=1S/C17H18O10/c18-7-13-11-6-12(15(22)17(26-11,27-13)16(23)24)25-14(21)4-2-8-1-3-9(19)10(20)5-8/h1-5,11-13,15,18-20,22H,6-7H2,(H,23,24)/b4-2+. The summed E-state index contributed by atoms with van der Waals surface area (Å²) in [5.74, 6) is -5.54. The molecule has 5 N–H and O–H groups in total. The van der Waals surface area contributed by atoms with Crippen LogP contribution < -0.4 is 0 Å². The summed E-state index contributed by atoms with van der Waals surface area (Å²) in [7, 11) is 0. The molecule has 1 aromatic rings. The number of carboxylic acid groups (broad SMARTS) is 1. The Kier molecular flexibility index (Phi) is 5.07. The number of aliphatic hydroxyl groups excluding tert-OH is 2. The van der Waals surface area contributed by atoms with Crippen LogP contribution in [0.1, 0.15) is 12.0 Å². The lowest BCUT2D eigenvalue weighted by atomic mass is 9.95. The number of aliphatic carboxylic acids is 1. The van der Waals surface area contributed by atoms with E-state index in [1.54, 1.807) is 0 Å². The van der Waals surface area contributed by atoms with Gasteiger partial charge in [0, 0.05) is 12.5 Å². The van der Waals surface area contributed by atoms with Gasteiger partial charge in [-0.3, -0.25) is 0 Å². The summed E-state index contributed by atoms with van der Waals surface area (Å²) in [5.41, 5.74) is 0.403. The number of benzene rings is 1. The van der Waals surface area contributed by atoms with Gasteiger partial charge < -0.3 is 39.7 Å². The van der Waals surface area contributed by atoms with Gasteiger partial charge in [-0.2, -0.15) is 0 Å². The van der Waals surface area contributed by atoms with Crippen molar-refractivity contribution in [2.24, 2.45) is 0 Å². The van der Waals surface area contributed by atoms with Gasteiger partial charge in [0.15, 0.2) is 17.6 Å². The van der Waals surface area contributed by atoms with Crippen molar-refractivity contribution in [1.29, 1.82) is 0 Å². The Morgan fingerprint density at radius 1 is 1.26 bits per heavy atom. The second-order valence-corrected chi connectivity index (χ2v) is 6.21. The second kappa shape index (κ2) is 7.16. The van der Waals surface area contributed by atoms with E-state index in [0.717, 1.165) is 6.08 Å². The first-order chi connectivity index (χ1) is 12.8. The Morgan fingerprint density at radius 3 is 2.63 bits per heavy atom. The molecule has 0 saturated carbocycles. The maximum atomic E-state index is 12.0. The van der Waals surface area contributed by atoms with Crippen molar-refractivity contribution in [3.63, 3.8) is 0 Å². The van der Waals surface area contributed by atoms with Gasteiger partial charge in [-0.15, -0.1) is 0 Å². The van der Waals surface area contributed by atoms with E-state index in [2.05, 4.69) is 0 Å². The van der Waals surface area contributed by atoms with Crippen LogP contribution >= 0.6 is 0 Å². The summed E-state index contributed by atoms with van der Waals surface area (Å²) in [6.45, 7) is -0.517. The molecule has 0 aromatic heterocycles. The first-order valence-corrected chi connectivity index (χ1v) is 8.05. The summed E-state index contributed by atoms with van der Waals surface area (Å²) in [6, 6.07) is 3.91. The number of phenolic OH excluding ortho intramolecular Hbond substituents is 2. The Bertz CT molecular complexity index is 775. The summed E-state index contributed by atoms with van der Waals surface area (Å²) in [4.78, 5) is 23.5. The number of hydrogen-bond acceptors (Lipinski definition) is 9. The predicted molar refractivity (Wildman–Crippen MR) is 86.5 cm³/mol. The molecule has 5 unspecified atom stereocenters. The minimum absolute atomic E-state index is 0.0546. The maximum Gasteiger partial charge on any atom is 0.367 e. The van der Waals surface area contributed by atoms with Gasteiger partial charge in [-0.1, -0.05) is 6.07 Å². The van der Waals surface area contributed by atoms with Gasteiger partial charge >= 0.3 is 17.7 Å². The third kappa shape index (κ3) is 3.47. The van der Waals surface area contributed by atoms with Crippen molar-refractivity contribution < 1.29 is 49.3 Å². The van der Waals surface area contributed by atoms with E-state index in [9.17, 15) is 35.1 Å². The zero-order valence-corrected chi connectivity index (χ0v) is 13.9. The van der Waals surface area contributed by atoms with Crippen molar-refractivity contribution in [3.05, 3.63) is 29.8 Å². The molecular weight excluding hydrogens is 364 g/mol. The molecule has 0 radical (unpaired) electrons. The molecule has 0 spiro atoms. The highest BCUT2D eigenvalue weighted by Gasteiger charge is 2.65.